The highest BCUT2D eigenvalue weighted by atomic mass is 32.1. The minimum Gasteiger partial charge on any atom is -0.479 e. The fourth-order valence-electron chi connectivity index (χ4n) is 5.58. The van der Waals surface area contributed by atoms with Gasteiger partial charge in [0.15, 0.2) is 5.60 Å². The van der Waals surface area contributed by atoms with Gasteiger partial charge in [-0.25, -0.2) is 13.6 Å². The predicted octanol–water partition coefficient (Wildman–Crippen LogP) is 4.68. The summed E-state index contributed by atoms with van der Waals surface area (Å²) in [6.07, 6.45) is 0.118. The van der Waals surface area contributed by atoms with Crippen molar-refractivity contribution in [3.05, 3.63) is 46.2 Å². The monoisotopic (exact) mass is 513 g/mol. The molecule has 0 amide bonds. The van der Waals surface area contributed by atoms with Crippen molar-refractivity contribution in [2.45, 2.75) is 77.5 Å². The number of halogens is 2. The number of alkyl halides is 2. The minimum absolute atomic E-state index is 0.0533. The van der Waals surface area contributed by atoms with E-state index >= 15 is 4.39 Å². The van der Waals surface area contributed by atoms with Gasteiger partial charge in [0.05, 0.1) is 18.8 Å². The van der Waals surface area contributed by atoms with Gasteiger partial charge in [0.25, 0.3) is 0 Å². The number of hydrogen-bond acceptors (Lipinski definition) is 6. The molecule has 3 N–H and O–H groups in total. The van der Waals surface area contributed by atoms with Gasteiger partial charge in [-0.05, 0) is 55.2 Å². The second-order valence-corrected chi connectivity index (χ2v) is 11.3. The molecule has 196 valence electrons. The SMILES string of the molecule is CCN(Cc1cccs1)OC1(C(=O)O)CCC(C)C1(C)CC(O)C(F)C1(C)C=CC(O)C=C1CF. The van der Waals surface area contributed by atoms with Gasteiger partial charge in [-0.2, -0.15) is 5.06 Å². The summed E-state index contributed by atoms with van der Waals surface area (Å²) < 4.78 is 29.5. The molecule has 1 aromatic heterocycles. The number of hydroxylamine groups is 2. The van der Waals surface area contributed by atoms with E-state index in [1.165, 1.54) is 25.2 Å². The summed E-state index contributed by atoms with van der Waals surface area (Å²) in [5, 5.41) is 34.9. The molecule has 7 atom stereocenters. The van der Waals surface area contributed by atoms with E-state index in [0.29, 0.717) is 19.5 Å². The molecule has 0 radical (unpaired) electrons. The molecule has 1 fully saturated rings. The number of aliphatic hydroxyl groups is 2. The molecule has 1 aromatic rings. The first kappa shape index (κ1) is 27.9. The normalized spacial score (nSPS) is 34.7. The van der Waals surface area contributed by atoms with Crippen molar-refractivity contribution in [1.29, 1.82) is 0 Å². The van der Waals surface area contributed by atoms with Crippen LogP contribution in [0.1, 0.15) is 51.8 Å². The van der Waals surface area contributed by atoms with Crippen molar-refractivity contribution >= 4 is 17.3 Å². The van der Waals surface area contributed by atoms with E-state index in [1.807, 2.05) is 31.4 Å². The average molecular weight is 514 g/mol. The summed E-state index contributed by atoms with van der Waals surface area (Å²) in [6, 6.07) is 3.86. The number of aliphatic hydroxyl groups excluding tert-OH is 2. The van der Waals surface area contributed by atoms with Gasteiger partial charge in [-0.15, -0.1) is 11.3 Å². The molecule has 9 heteroatoms. The van der Waals surface area contributed by atoms with E-state index in [-0.39, 0.29) is 24.3 Å². The molecule has 0 bridgehead atoms. The number of allylic oxidation sites excluding steroid dienone is 2. The van der Waals surface area contributed by atoms with Crippen LogP contribution in [0, 0.1) is 16.7 Å². The standard InChI is InChI=1S/C26H37F2NO5S/c1-5-29(16-20-7-6-12-35-20)34-26(23(32)33)11-8-17(2)25(26,4)14-21(31)22(28)24(3)10-9-19(30)13-18(24)15-27/h6-7,9-10,12-13,17,19,21-22,30-31H,5,8,11,14-16H2,1-4H3,(H,32,33). The number of carbonyl (C=O) groups is 1. The summed E-state index contributed by atoms with van der Waals surface area (Å²) in [5.41, 5.74) is -4.15. The lowest BCUT2D eigenvalue weighted by atomic mass is 9.65. The fourth-order valence-corrected chi connectivity index (χ4v) is 6.28. The van der Waals surface area contributed by atoms with Crippen LogP contribution in [0.3, 0.4) is 0 Å². The Morgan fingerprint density at radius 2 is 2.11 bits per heavy atom. The molecule has 1 heterocycles. The van der Waals surface area contributed by atoms with Crippen LogP contribution >= 0.6 is 11.3 Å². The van der Waals surface area contributed by atoms with Crippen molar-refractivity contribution in [2.75, 3.05) is 13.2 Å². The highest BCUT2D eigenvalue weighted by Crippen LogP contribution is 2.56. The first-order chi connectivity index (χ1) is 16.4. The Bertz CT molecular complexity index is 940. The van der Waals surface area contributed by atoms with E-state index in [0.717, 1.165) is 4.88 Å². The Kier molecular flexibility index (Phi) is 8.59. The third kappa shape index (κ3) is 5.11. The highest BCUT2D eigenvalue weighted by Gasteiger charge is 2.64. The first-order valence-electron chi connectivity index (χ1n) is 12.1. The van der Waals surface area contributed by atoms with Crippen LogP contribution in [0.15, 0.2) is 41.3 Å². The average Bonchev–Trinajstić information content (AvgIpc) is 3.42. The molecule has 0 aromatic carbocycles. The van der Waals surface area contributed by atoms with Crippen LogP contribution in [-0.4, -0.2) is 63.6 Å². The molecule has 0 aliphatic heterocycles. The van der Waals surface area contributed by atoms with Crippen molar-refractivity contribution < 1.29 is 33.7 Å². The molecule has 0 saturated heterocycles. The number of carboxylic acids is 1. The van der Waals surface area contributed by atoms with Crippen LogP contribution in [0.25, 0.3) is 0 Å². The Morgan fingerprint density at radius 3 is 2.69 bits per heavy atom. The van der Waals surface area contributed by atoms with Crippen molar-refractivity contribution in [3.63, 3.8) is 0 Å². The summed E-state index contributed by atoms with van der Waals surface area (Å²) in [6.45, 7) is 6.89. The Morgan fingerprint density at radius 1 is 1.40 bits per heavy atom. The molecule has 2 aliphatic rings. The van der Waals surface area contributed by atoms with Crippen molar-refractivity contribution in [3.8, 4) is 0 Å². The summed E-state index contributed by atoms with van der Waals surface area (Å²) in [5.74, 6) is -1.32. The van der Waals surface area contributed by atoms with E-state index in [1.54, 1.807) is 23.3 Å². The van der Waals surface area contributed by atoms with E-state index in [9.17, 15) is 24.5 Å². The fraction of sp³-hybridized carbons (Fsp3) is 0.654. The zero-order valence-electron chi connectivity index (χ0n) is 20.8. The van der Waals surface area contributed by atoms with Crippen LogP contribution < -0.4 is 0 Å². The van der Waals surface area contributed by atoms with Crippen molar-refractivity contribution in [2.24, 2.45) is 16.7 Å². The molecule has 7 unspecified atom stereocenters. The third-order valence-corrected chi connectivity index (χ3v) is 9.09. The molecule has 2 aliphatic carbocycles. The van der Waals surface area contributed by atoms with E-state index in [4.69, 9.17) is 4.84 Å². The van der Waals surface area contributed by atoms with Crippen molar-refractivity contribution in [1.82, 2.24) is 5.06 Å². The van der Waals surface area contributed by atoms with Gasteiger partial charge >= 0.3 is 5.97 Å². The smallest absolute Gasteiger partial charge is 0.338 e. The number of nitrogens with zero attached hydrogens (tertiary/aromatic N) is 1. The van der Waals surface area contributed by atoms with Gasteiger partial charge in [-0.1, -0.05) is 39.0 Å². The van der Waals surface area contributed by atoms with Gasteiger partial charge in [0.2, 0.25) is 0 Å². The second kappa shape index (κ2) is 10.8. The maximum absolute atomic E-state index is 15.8. The van der Waals surface area contributed by atoms with Gasteiger partial charge in [0.1, 0.15) is 12.8 Å². The maximum Gasteiger partial charge on any atom is 0.338 e. The molecular formula is C26H37F2NO5S. The summed E-state index contributed by atoms with van der Waals surface area (Å²) >= 11 is 1.55. The van der Waals surface area contributed by atoms with Crippen LogP contribution in [-0.2, 0) is 16.2 Å². The highest BCUT2D eigenvalue weighted by molar-refractivity contribution is 7.09. The number of thiophene rings is 1. The summed E-state index contributed by atoms with van der Waals surface area (Å²) in [4.78, 5) is 20.1. The molecule has 0 spiro atoms. The maximum atomic E-state index is 15.8. The van der Waals surface area contributed by atoms with Gasteiger partial charge < -0.3 is 15.3 Å². The molecule has 3 rings (SSSR count). The Hall–Kier alpha value is -1.65. The Labute approximate surface area is 209 Å². The quantitative estimate of drug-likeness (QED) is 0.294. The second-order valence-electron chi connectivity index (χ2n) is 10.2. The first-order valence-corrected chi connectivity index (χ1v) is 13.0. The van der Waals surface area contributed by atoms with Gasteiger partial charge in [0, 0.05) is 22.3 Å². The van der Waals surface area contributed by atoms with E-state index < -0.39 is 47.5 Å². The van der Waals surface area contributed by atoms with E-state index in [2.05, 4.69) is 0 Å². The number of carboxylic acid groups (broad SMARTS) is 1. The number of hydrogen-bond donors (Lipinski definition) is 3. The zero-order chi connectivity index (χ0) is 26.0. The Balaban J connectivity index is 1.89. The third-order valence-electron chi connectivity index (χ3n) is 8.23. The zero-order valence-corrected chi connectivity index (χ0v) is 21.6. The lowest BCUT2D eigenvalue weighted by molar-refractivity contribution is -0.284. The topological polar surface area (TPSA) is 90.2 Å². The number of aliphatic carboxylic acids is 1. The van der Waals surface area contributed by atoms with Crippen LogP contribution in [0.5, 0.6) is 0 Å². The summed E-state index contributed by atoms with van der Waals surface area (Å²) in [7, 11) is 0. The molecule has 6 nitrogen and oxygen atoms in total. The molecule has 1 saturated carbocycles. The lowest BCUT2D eigenvalue weighted by Gasteiger charge is -2.46. The molecule has 35 heavy (non-hydrogen) atoms. The predicted molar refractivity (Wildman–Crippen MR) is 131 cm³/mol. The number of rotatable bonds is 11. The molecular weight excluding hydrogens is 476 g/mol. The van der Waals surface area contributed by atoms with Crippen LogP contribution in [0.2, 0.25) is 0 Å². The lowest BCUT2D eigenvalue weighted by Crippen LogP contribution is -2.58. The van der Waals surface area contributed by atoms with Gasteiger partial charge in [-0.3, -0.25) is 4.84 Å². The minimum atomic E-state index is -1.90. The largest absolute Gasteiger partial charge is 0.479 e. The van der Waals surface area contributed by atoms with Crippen LogP contribution in [0.4, 0.5) is 8.78 Å².